The highest BCUT2D eigenvalue weighted by molar-refractivity contribution is 8.01. The van der Waals surface area contributed by atoms with Crippen molar-refractivity contribution in [2.45, 2.75) is 9.37 Å². The number of hydrogen-bond acceptors (Lipinski definition) is 8. The van der Waals surface area contributed by atoms with Gasteiger partial charge in [0.2, 0.25) is 5.95 Å². The second-order valence-electron chi connectivity index (χ2n) is 3.01. The van der Waals surface area contributed by atoms with Crippen LogP contribution < -0.4 is 5.32 Å². The molecule has 0 saturated heterocycles. The van der Waals surface area contributed by atoms with Gasteiger partial charge in [-0.1, -0.05) is 11.3 Å². The summed E-state index contributed by atoms with van der Waals surface area (Å²) in [6.45, 7) is 0. The number of fused-ring (bicyclic) bond motifs is 1. The lowest BCUT2D eigenvalue weighted by Crippen LogP contribution is -1.98. The summed E-state index contributed by atoms with van der Waals surface area (Å²) in [4.78, 5) is 15.8. The Morgan fingerprint density at radius 2 is 2.35 bits per heavy atom. The number of nitrogens with one attached hydrogen (secondary N) is 2. The van der Waals surface area contributed by atoms with Crippen molar-refractivity contribution in [1.29, 1.82) is 0 Å². The molecule has 17 heavy (non-hydrogen) atoms. The molecule has 0 radical (unpaired) electrons. The highest BCUT2D eigenvalue weighted by atomic mass is 32.2. The lowest BCUT2D eigenvalue weighted by molar-refractivity contribution is 1.00. The number of nitrogens with zero attached hydrogens (tertiary/aromatic N) is 5. The van der Waals surface area contributed by atoms with Gasteiger partial charge in [-0.2, -0.15) is 4.98 Å². The molecule has 0 aromatic carbocycles. The van der Waals surface area contributed by atoms with Gasteiger partial charge in [0.05, 0.1) is 6.33 Å². The highest BCUT2D eigenvalue weighted by Gasteiger charge is 2.12. The fourth-order valence-corrected chi connectivity index (χ4v) is 2.76. The second kappa shape index (κ2) is 4.26. The number of anilines is 1. The van der Waals surface area contributed by atoms with E-state index < -0.39 is 0 Å². The zero-order chi connectivity index (χ0) is 11.7. The minimum absolute atomic E-state index is 0.539. The fraction of sp³-hybridized carbons (Fsp3) is 0.125. The zero-order valence-corrected chi connectivity index (χ0v) is 10.3. The minimum atomic E-state index is 0.539. The molecule has 0 bridgehead atoms. The van der Waals surface area contributed by atoms with Gasteiger partial charge in [-0.15, -0.1) is 10.2 Å². The predicted octanol–water partition coefficient (Wildman–Crippen LogP) is 1.40. The summed E-state index contributed by atoms with van der Waals surface area (Å²) in [7, 11) is 1.77. The van der Waals surface area contributed by atoms with Crippen LogP contribution in [0.1, 0.15) is 0 Å². The minimum Gasteiger partial charge on any atom is -0.357 e. The molecule has 2 N–H and O–H groups in total. The number of rotatable bonds is 3. The molecule has 3 aromatic rings. The van der Waals surface area contributed by atoms with Gasteiger partial charge in [-0.25, -0.2) is 9.97 Å². The summed E-state index contributed by atoms with van der Waals surface area (Å²) in [5.74, 6) is 0.539. The third-order valence-corrected chi connectivity index (χ3v) is 3.77. The number of H-pyrrole nitrogens is 1. The summed E-state index contributed by atoms with van der Waals surface area (Å²) in [6, 6.07) is 0. The molecule has 0 atom stereocenters. The topological polar surface area (TPSA) is 92.3 Å². The molecule has 0 aliphatic rings. The Kier molecular flexibility index (Phi) is 2.61. The lowest BCUT2D eigenvalue weighted by Gasteiger charge is -2.02. The first-order chi connectivity index (χ1) is 8.36. The van der Waals surface area contributed by atoms with E-state index in [2.05, 4.69) is 35.5 Å². The van der Waals surface area contributed by atoms with Crippen molar-refractivity contribution in [3.8, 4) is 0 Å². The van der Waals surface area contributed by atoms with Crippen molar-refractivity contribution in [3.63, 3.8) is 0 Å². The predicted molar refractivity (Wildman–Crippen MR) is 65.3 cm³/mol. The summed E-state index contributed by atoms with van der Waals surface area (Å²) < 4.78 is 0.835. The number of hydrogen-bond donors (Lipinski definition) is 2. The van der Waals surface area contributed by atoms with Crippen LogP contribution in [0.2, 0.25) is 0 Å². The smallest absolute Gasteiger partial charge is 0.225 e. The van der Waals surface area contributed by atoms with Crippen LogP contribution in [0.4, 0.5) is 5.95 Å². The molecule has 0 aliphatic heterocycles. The van der Waals surface area contributed by atoms with Gasteiger partial charge < -0.3 is 10.3 Å². The van der Waals surface area contributed by atoms with Crippen molar-refractivity contribution in [2.24, 2.45) is 0 Å². The lowest BCUT2D eigenvalue weighted by atomic mass is 10.5. The molecule has 0 amide bonds. The second-order valence-corrected chi connectivity index (χ2v) is 5.08. The molecule has 3 heterocycles. The number of aromatic nitrogens is 6. The zero-order valence-electron chi connectivity index (χ0n) is 8.71. The number of aromatic amines is 1. The molecule has 9 heteroatoms. The van der Waals surface area contributed by atoms with Crippen LogP contribution in [0.25, 0.3) is 11.2 Å². The van der Waals surface area contributed by atoms with E-state index in [-0.39, 0.29) is 0 Å². The van der Waals surface area contributed by atoms with Crippen LogP contribution in [0, 0.1) is 0 Å². The molecule has 0 saturated carbocycles. The van der Waals surface area contributed by atoms with Crippen molar-refractivity contribution in [3.05, 3.63) is 11.8 Å². The average molecular weight is 265 g/mol. The quantitative estimate of drug-likeness (QED) is 0.691. The van der Waals surface area contributed by atoms with Gasteiger partial charge in [0, 0.05) is 7.05 Å². The molecule has 3 rings (SSSR count). The van der Waals surface area contributed by atoms with Crippen LogP contribution >= 0.6 is 23.1 Å². The van der Waals surface area contributed by atoms with Crippen LogP contribution in [-0.4, -0.2) is 37.2 Å². The average Bonchev–Trinajstić information content (AvgIpc) is 2.98. The van der Waals surface area contributed by atoms with Gasteiger partial charge in [0.25, 0.3) is 0 Å². The maximum Gasteiger partial charge on any atom is 0.225 e. The van der Waals surface area contributed by atoms with Gasteiger partial charge in [0.15, 0.2) is 9.99 Å². The maximum atomic E-state index is 4.37. The third kappa shape index (κ3) is 1.94. The Bertz CT molecular complexity index is 632. The van der Waals surface area contributed by atoms with Crippen molar-refractivity contribution in [1.82, 2.24) is 30.1 Å². The summed E-state index contributed by atoms with van der Waals surface area (Å²) >= 11 is 2.91. The third-order valence-electron chi connectivity index (χ3n) is 2.00. The monoisotopic (exact) mass is 265 g/mol. The number of imidazole rings is 1. The Morgan fingerprint density at radius 3 is 3.12 bits per heavy atom. The fourth-order valence-electron chi connectivity index (χ4n) is 1.28. The van der Waals surface area contributed by atoms with Crippen LogP contribution in [0.15, 0.2) is 21.2 Å². The van der Waals surface area contributed by atoms with Gasteiger partial charge in [-0.3, -0.25) is 0 Å². The van der Waals surface area contributed by atoms with E-state index in [0.29, 0.717) is 11.6 Å². The summed E-state index contributed by atoms with van der Waals surface area (Å²) in [6.07, 6.45) is 1.60. The molecule has 86 valence electrons. The summed E-state index contributed by atoms with van der Waals surface area (Å²) in [5, 5.41) is 11.5. The van der Waals surface area contributed by atoms with Gasteiger partial charge in [-0.05, 0) is 11.8 Å². The van der Waals surface area contributed by atoms with Crippen molar-refractivity contribution in [2.75, 3.05) is 12.4 Å². The molecule has 0 fully saturated rings. The van der Waals surface area contributed by atoms with E-state index in [1.165, 1.54) is 23.1 Å². The van der Waals surface area contributed by atoms with Crippen LogP contribution in [0.5, 0.6) is 0 Å². The van der Waals surface area contributed by atoms with Gasteiger partial charge >= 0.3 is 0 Å². The molecule has 0 spiro atoms. The molecule has 7 nitrogen and oxygen atoms in total. The molecule has 0 unspecified atom stereocenters. The summed E-state index contributed by atoms with van der Waals surface area (Å²) in [5.41, 5.74) is 3.13. The van der Waals surface area contributed by atoms with E-state index >= 15 is 0 Å². The normalized spacial score (nSPS) is 10.9. The molecule has 3 aromatic heterocycles. The largest absolute Gasteiger partial charge is 0.357 e. The van der Waals surface area contributed by atoms with Crippen molar-refractivity contribution < 1.29 is 0 Å². The molecular formula is C8H7N7S2. The van der Waals surface area contributed by atoms with Crippen LogP contribution in [0.3, 0.4) is 0 Å². The first-order valence-electron chi connectivity index (χ1n) is 4.69. The SMILES string of the molecule is CNc1nc(Sc2nncs2)c2[nH]cnc2n1. The maximum absolute atomic E-state index is 4.37. The Labute approximate surface area is 104 Å². The van der Waals surface area contributed by atoms with E-state index in [4.69, 9.17) is 0 Å². The first kappa shape index (κ1) is 10.4. The highest BCUT2D eigenvalue weighted by Crippen LogP contribution is 2.31. The Hall–Kier alpha value is -1.74. The first-order valence-corrected chi connectivity index (χ1v) is 6.39. The molecular weight excluding hydrogens is 258 g/mol. The Balaban J connectivity index is 2.10. The van der Waals surface area contributed by atoms with E-state index in [1.54, 1.807) is 18.9 Å². The van der Waals surface area contributed by atoms with Crippen LogP contribution in [-0.2, 0) is 0 Å². The van der Waals surface area contributed by atoms with E-state index in [1.807, 2.05) is 0 Å². The standard InChI is InChI=1S/C8H7N7S2/c1-9-7-13-5-4(10-2-11-5)6(14-7)17-8-15-12-3-16-8/h2-3H,1H3,(H2,9,10,11,13,14). The van der Waals surface area contributed by atoms with E-state index in [9.17, 15) is 0 Å². The Morgan fingerprint density at radius 1 is 1.41 bits per heavy atom. The van der Waals surface area contributed by atoms with E-state index in [0.717, 1.165) is 14.9 Å². The molecule has 0 aliphatic carbocycles. The van der Waals surface area contributed by atoms with Gasteiger partial charge in [0.1, 0.15) is 16.1 Å². The van der Waals surface area contributed by atoms with Crippen molar-refractivity contribution >= 4 is 40.2 Å².